The molecule has 0 aliphatic rings. The van der Waals surface area contributed by atoms with Crippen LogP contribution in [0.2, 0.25) is 0 Å². The van der Waals surface area contributed by atoms with Crippen molar-refractivity contribution in [2.24, 2.45) is 5.73 Å². The summed E-state index contributed by atoms with van der Waals surface area (Å²) in [4.78, 5) is 1.34. The second kappa shape index (κ2) is 5.80. The molecule has 90 valence electrons. The average Bonchev–Trinajstić information content (AvgIpc) is 2.68. The van der Waals surface area contributed by atoms with Gasteiger partial charge in [-0.05, 0) is 58.3 Å². The van der Waals surface area contributed by atoms with Gasteiger partial charge in [0.1, 0.15) is 0 Å². The summed E-state index contributed by atoms with van der Waals surface area (Å²) in [5.41, 5.74) is 8.90. The minimum absolute atomic E-state index is 0.186. The maximum atomic E-state index is 6.22. The topological polar surface area (TPSA) is 26.0 Å². The molecule has 0 amide bonds. The zero-order chi connectivity index (χ0) is 12.3. The van der Waals surface area contributed by atoms with Crippen molar-refractivity contribution in [2.75, 3.05) is 0 Å². The third kappa shape index (κ3) is 3.41. The fourth-order valence-corrected chi connectivity index (χ4v) is 3.51. The van der Waals surface area contributed by atoms with E-state index in [1.807, 2.05) is 0 Å². The highest BCUT2D eigenvalue weighted by Gasteiger charge is 2.10. The number of halogens is 1. The average molecular weight is 310 g/mol. The van der Waals surface area contributed by atoms with Gasteiger partial charge in [-0.1, -0.05) is 24.3 Å². The first kappa shape index (κ1) is 12.8. The molecule has 2 N–H and O–H groups in total. The van der Waals surface area contributed by atoms with Crippen molar-refractivity contribution < 1.29 is 0 Å². The van der Waals surface area contributed by atoms with Gasteiger partial charge < -0.3 is 5.73 Å². The molecule has 3 heteroatoms. The number of aryl methyl sites for hydroxylation is 1. The summed E-state index contributed by atoms with van der Waals surface area (Å²) in [7, 11) is 0. The van der Waals surface area contributed by atoms with E-state index < -0.39 is 0 Å². The SMILES string of the molecule is Cc1ccccc1CC(N)Cc1sccc1Br. The summed E-state index contributed by atoms with van der Waals surface area (Å²) >= 11 is 5.32. The molecule has 1 atom stereocenters. The number of benzene rings is 1. The van der Waals surface area contributed by atoms with Crippen molar-refractivity contribution in [3.8, 4) is 0 Å². The van der Waals surface area contributed by atoms with E-state index in [1.165, 1.54) is 20.5 Å². The summed E-state index contributed by atoms with van der Waals surface area (Å²) in [6.45, 7) is 2.14. The minimum atomic E-state index is 0.186. The molecule has 1 heterocycles. The highest BCUT2D eigenvalue weighted by molar-refractivity contribution is 9.10. The summed E-state index contributed by atoms with van der Waals surface area (Å²) in [6.07, 6.45) is 1.88. The van der Waals surface area contributed by atoms with Crippen LogP contribution in [0.15, 0.2) is 40.2 Å². The van der Waals surface area contributed by atoms with Gasteiger partial charge in [-0.15, -0.1) is 11.3 Å². The van der Waals surface area contributed by atoms with Crippen LogP contribution in [0.1, 0.15) is 16.0 Å². The van der Waals surface area contributed by atoms with E-state index in [0.717, 1.165) is 12.8 Å². The van der Waals surface area contributed by atoms with E-state index >= 15 is 0 Å². The van der Waals surface area contributed by atoms with Crippen LogP contribution in [0.25, 0.3) is 0 Å². The van der Waals surface area contributed by atoms with Crippen LogP contribution in [0, 0.1) is 6.92 Å². The van der Waals surface area contributed by atoms with Crippen LogP contribution in [0.3, 0.4) is 0 Å². The fourth-order valence-electron chi connectivity index (χ4n) is 1.90. The standard InChI is InChI=1S/C14H16BrNS/c1-10-4-2-3-5-11(10)8-12(16)9-14-13(15)6-7-17-14/h2-7,12H,8-9,16H2,1H3. The number of nitrogens with two attached hydrogens (primary N) is 1. The maximum absolute atomic E-state index is 6.22. The highest BCUT2D eigenvalue weighted by Crippen LogP contribution is 2.24. The second-order valence-corrected chi connectivity index (χ2v) is 6.14. The van der Waals surface area contributed by atoms with Crippen molar-refractivity contribution in [2.45, 2.75) is 25.8 Å². The lowest BCUT2D eigenvalue weighted by molar-refractivity contribution is 0.667. The number of thiophene rings is 1. The van der Waals surface area contributed by atoms with Crippen LogP contribution in [-0.2, 0) is 12.8 Å². The van der Waals surface area contributed by atoms with Crippen LogP contribution in [0.4, 0.5) is 0 Å². The normalized spacial score (nSPS) is 12.6. The van der Waals surface area contributed by atoms with Crippen LogP contribution >= 0.6 is 27.3 Å². The molecule has 2 rings (SSSR count). The van der Waals surface area contributed by atoms with Crippen molar-refractivity contribution >= 4 is 27.3 Å². The molecular weight excluding hydrogens is 294 g/mol. The van der Waals surface area contributed by atoms with Gasteiger partial charge in [0.05, 0.1) is 0 Å². The molecule has 2 aromatic rings. The molecule has 0 saturated heterocycles. The lowest BCUT2D eigenvalue weighted by Crippen LogP contribution is -2.25. The molecule has 1 aromatic carbocycles. The van der Waals surface area contributed by atoms with E-state index in [0.29, 0.717) is 0 Å². The Morgan fingerprint density at radius 3 is 2.65 bits per heavy atom. The van der Waals surface area contributed by atoms with Crippen molar-refractivity contribution in [1.82, 2.24) is 0 Å². The molecule has 0 bridgehead atoms. The Balaban J connectivity index is 2.01. The van der Waals surface area contributed by atoms with Gasteiger partial charge >= 0.3 is 0 Å². The minimum Gasteiger partial charge on any atom is -0.327 e. The number of hydrogen-bond acceptors (Lipinski definition) is 2. The Morgan fingerprint density at radius 1 is 1.24 bits per heavy atom. The van der Waals surface area contributed by atoms with Crippen molar-refractivity contribution in [1.29, 1.82) is 0 Å². The Hall–Kier alpha value is -0.640. The van der Waals surface area contributed by atoms with Gasteiger partial charge in [0.25, 0.3) is 0 Å². The maximum Gasteiger partial charge on any atom is 0.0314 e. The molecule has 0 radical (unpaired) electrons. The van der Waals surface area contributed by atoms with E-state index in [-0.39, 0.29) is 6.04 Å². The first-order valence-electron chi connectivity index (χ1n) is 5.69. The zero-order valence-corrected chi connectivity index (χ0v) is 12.2. The quantitative estimate of drug-likeness (QED) is 0.910. The smallest absolute Gasteiger partial charge is 0.0314 e. The first-order valence-corrected chi connectivity index (χ1v) is 7.36. The summed E-state index contributed by atoms with van der Waals surface area (Å²) in [5.74, 6) is 0. The third-order valence-electron chi connectivity index (χ3n) is 2.88. The molecule has 0 saturated carbocycles. The number of hydrogen-bond donors (Lipinski definition) is 1. The van der Waals surface area contributed by atoms with Gasteiger partial charge in [0.2, 0.25) is 0 Å². The van der Waals surface area contributed by atoms with Crippen molar-refractivity contribution in [3.63, 3.8) is 0 Å². The van der Waals surface area contributed by atoms with E-state index in [9.17, 15) is 0 Å². The molecule has 1 nitrogen and oxygen atoms in total. The second-order valence-electron chi connectivity index (χ2n) is 4.29. The Labute approximate surface area is 115 Å². The van der Waals surface area contributed by atoms with E-state index in [4.69, 9.17) is 5.73 Å². The van der Waals surface area contributed by atoms with Crippen LogP contribution in [-0.4, -0.2) is 6.04 Å². The lowest BCUT2D eigenvalue weighted by atomic mass is 9.99. The molecule has 0 aliphatic carbocycles. The zero-order valence-electron chi connectivity index (χ0n) is 9.82. The molecular formula is C14H16BrNS. The third-order valence-corrected chi connectivity index (χ3v) is 4.83. The van der Waals surface area contributed by atoms with Gasteiger partial charge in [0, 0.05) is 15.4 Å². The Bertz CT molecular complexity index is 492. The van der Waals surface area contributed by atoms with Gasteiger partial charge in [-0.2, -0.15) is 0 Å². The largest absolute Gasteiger partial charge is 0.327 e. The molecule has 1 aromatic heterocycles. The van der Waals surface area contributed by atoms with Crippen LogP contribution in [0.5, 0.6) is 0 Å². The molecule has 0 fully saturated rings. The summed E-state index contributed by atoms with van der Waals surface area (Å²) < 4.78 is 1.18. The van der Waals surface area contributed by atoms with Gasteiger partial charge in [0.15, 0.2) is 0 Å². The summed E-state index contributed by atoms with van der Waals surface area (Å²) in [6, 6.07) is 10.7. The fraction of sp³-hybridized carbons (Fsp3) is 0.286. The Kier molecular flexibility index (Phi) is 4.37. The molecule has 1 unspecified atom stereocenters. The Morgan fingerprint density at radius 2 is 2.00 bits per heavy atom. The monoisotopic (exact) mass is 309 g/mol. The molecule has 17 heavy (non-hydrogen) atoms. The lowest BCUT2D eigenvalue weighted by Gasteiger charge is -2.12. The summed E-state index contributed by atoms with van der Waals surface area (Å²) in [5, 5.41) is 2.10. The first-order chi connectivity index (χ1) is 8.16. The molecule has 0 aliphatic heterocycles. The van der Waals surface area contributed by atoms with Crippen LogP contribution < -0.4 is 5.73 Å². The van der Waals surface area contributed by atoms with E-state index in [1.54, 1.807) is 11.3 Å². The number of rotatable bonds is 4. The highest BCUT2D eigenvalue weighted by atomic mass is 79.9. The van der Waals surface area contributed by atoms with Gasteiger partial charge in [-0.25, -0.2) is 0 Å². The van der Waals surface area contributed by atoms with Gasteiger partial charge in [-0.3, -0.25) is 0 Å². The molecule has 0 spiro atoms. The van der Waals surface area contributed by atoms with E-state index in [2.05, 4.69) is 58.6 Å². The predicted octanol–water partition coefficient (Wildman–Crippen LogP) is 3.93. The predicted molar refractivity (Wildman–Crippen MR) is 78.6 cm³/mol. The van der Waals surface area contributed by atoms with Crippen molar-refractivity contribution in [3.05, 3.63) is 56.2 Å².